The number of amides is 1. The van der Waals surface area contributed by atoms with Gasteiger partial charge in [0, 0.05) is 27.1 Å². The molecule has 1 aromatic heterocycles. The molecule has 1 N–H and O–H groups in total. The normalized spacial score (nSPS) is 11.8. The van der Waals surface area contributed by atoms with Crippen LogP contribution in [0, 0.1) is 6.92 Å². The summed E-state index contributed by atoms with van der Waals surface area (Å²) in [6, 6.07) is 1.63. The third-order valence-corrected chi connectivity index (χ3v) is 6.87. The van der Waals surface area contributed by atoms with E-state index >= 15 is 0 Å². The lowest BCUT2D eigenvalue weighted by Crippen LogP contribution is -2.31. The van der Waals surface area contributed by atoms with Crippen LogP contribution in [0.4, 0.5) is 0 Å². The van der Waals surface area contributed by atoms with E-state index in [-0.39, 0.29) is 23.1 Å². The van der Waals surface area contributed by atoms with Crippen LogP contribution in [0.5, 0.6) is 0 Å². The van der Waals surface area contributed by atoms with E-state index in [1.54, 1.807) is 6.07 Å². The number of aryl methyl sites for hydroxylation is 1. The molecule has 0 radical (unpaired) electrons. The van der Waals surface area contributed by atoms with Gasteiger partial charge in [0.1, 0.15) is 4.21 Å². The van der Waals surface area contributed by atoms with E-state index in [2.05, 4.69) is 21.2 Å². The van der Waals surface area contributed by atoms with E-state index in [0.717, 1.165) is 9.35 Å². The number of sulfonamides is 1. The molecule has 0 unspecified atom stereocenters. The molecule has 0 atom stereocenters. The van der Waals surface area contributed by atoms with Gasteiger partial charge >= 0.3 is 0 Å². The van der Waals surface area contributed by atoms with Crippen molar-refractivity contribution in [3.05, 3.63) is 15.4 Å². The number of halogens is 1. The summed E-state index contributed by atoms with van der Waals surface area (Å²) in [5.74, 6) is -0.180. The zero-order valence-electron chi connectivity index (χ0n) is 10.4. The molecule has 0 spiro atoms. The lowest BCUT2D eigenvalue weighted by molar-refractivity contribution is -0.120. The highest BCUT2D eigenvalue weighted by Crippen LogP contribution is 2.31. The highest BCUT2D eigenvalue weighted by atomic mass is 79.9. The van der Waals surface area contributed by atoms with Crippen LogP contribution in [0.25, 0.3) is 0 Å². The van der Waals surface area contributed by atoms with Crippen LogP contribution >= 0.6 is 27.3 Å². The molecule has 0 fully saturated rings. The SMILES string of the molecule is CNC(=O)CCN(C)S(=O)(=O)c1cc(C)c(Br)s1. The second-order valence-electron chi connectivity index (χ2n) is 3.77. The maximum Gasteiger partial charge on any atom is 0.252 e. The molecule has 0 bridgehead atoms. The molecule has 1 amide bonds. The van der Waals surface area contributed by atoms with Gasteiger partial charge in [0.2, 0.25) is 5.91 Å². The monoisotopic (exact) mass is 354 g/mol. The van der Waals surface area contributed by atoms with Gasteiger partial charge in [-0.3, -0.25) is 4.79 Å². The molecule has 0 saturated heterocycles. The van der Waals surface area contributed by atoms with Crippen molar-refractivity contribution in [1.82, 2.24) is 9.62 Å². The van der Waals surface area contributed by atoms with Crippen molar-refractivity contribution in [2.45, 2.75) is 17.6 Å². The summed E-state index contributed by atoms with van der Waals surface area (Å²) in [7, 11) is -0.505. The molecule has 0 aliphatic heterocycles. The molecule has 1 rings (SSSR count). The van der Waals surface area contributed by atoms with Crippen molar-refractivity contribution >= 4 is 43.2 Å². The first-order chi connectivity index (χ1) is 8.28. The number of nitrogens with zero attached hydrogens (tertiary/aromatic N) is 1. The van der Waals surface area contributed by atoms with Crippen LogP contribution in [0.3, 0.4) is 0 Å². The Hall–Kier alpha value is -0.440. The number of hydrogen-bond acceptors (Lipinski definition) is 4. The molecular formula is C10H15BrN2O3S2. The van der Waals surface area contributed by atoms with Crippen LogP contribution in [-0.4, -0.2) is 39.3 Å². The Morgan fingerprint density at radius 2 is 2.17 bits per heavy atom. The fourth-order valence-corrected chi connectivity index (χ4v) is 4.83. The Bertz CT molecular complexity index is 520. The van der Waals surface area contributed by atoms with E-state index in [4.69, 9.17) is 0 Å². The van der Waals surface area contributed by atoms with E-state index in [0.29, 0.717) is 0 Å². The summed E-state index contributed by atoms with van der Waals surface area (Å²) in [5.41, 5.74) is 0.887. The third-order valence-electron chi connectivity index (χ3n) is 2.43. The van der Waals surface area contributed by atoms with Gasteiger partial charge in [0.15, 0.2) is 0 Å². The highest BCUT2D eigenvalue weighted by molar-refractivity contribution is 9.11. The van der Waals surface area contributed by atoms with Gasteiger partial charge in [-0.25, -0.2) is 8.42 Å². The van der Waals surface area contributed by atoms with E-state index < -0.39 is 10.0 Å². The maximum atomic E-state index is 12.2. The smallest absolute Gasteiger partial charge is 0.252 e. The first-order valence-corrected chi connectivity index (χ1v) is 8.27. The van der Waals surface area contributed by atoms with Crippen molar-refractivity contribution < 1.29 is 13.2 Å². The van der Waals surface area contributed by atoms with Crippen LogP contribution in [-0.2, 0) is 14.8 Å². The molecule has 102 valence electrons. The highest BCUT2D eigenvalue weighted by Gasteiger charge is 2.23. The quantitative estimate of drug-likeness (QED) is 0.872. The van der Waals surface area contributed by atoms with Crippen molar-refractivity contribution in [1.29, 1.82) is 0 Å². The third kappa shape index (κ3) is 3.53. The predicted molar refractivity (Wildman–Crippen MR) is 75.3 cm³/mol. The van der Waals surface area contributed by atoms with Gasteiger partial charge in [0.25, 0.3) is 10.0 Å². The fourth-order valence-electron chi connectivity index (χ4n) is 1.22. The number of carbonyl (C=O) groups excluding carboxylic acids is 1. The van der Waals surface area contributed by atoms with E-state index in [1.807, 2.05) is 6.92 Å². The van der Waals surface area contributed by atoms with Crippen LogP contribution in [0.1, 0.15) is 12.0 Å². The molecule has 5 nitrogen and oxygen atoms in total. The lowest BCUT2D eigenvalue weighted by Gasteiger charge is -2.15. The Kier molecular flexibility index (Phi) is 5.32. The molecule has 1 aromatic rings. The topological polar surface area (TPSA) is 66.5 Å². The Labute approximate surface area is 119 Å². The van der Waals surface area contributed by atoms with Crippen molar-refractivity contribution in [2.75, 3.05) is 20.6 Å². The van der Waals surface area contributed by atoms with Crippen molar-refractivity contribution in [3.8, 4) is 0 Å². The molecule has 8 heteroatoms. The summed E-state index contributed by atoms with van der Waals surface area (Å²) in [4.78, 5) is 11.1. The fraction of sp³-hybridized carbons (Fsp3) is 0.500. The number of hydrogen-bond donors (Lipinski definition) is 1. The molecule has 0 saturated carbocycles. The van der Waals surface area contributed by atoms with Gasteiger partial charge in [0.05, 0.1) is 3.79 Å². The lowest BCUT2D eigenvalue weighted by atomic mass is 10.4. The maximum absolute atomic E-state index is 12.2. The summed E-state index contributed by atoms with van der Waals surface area (Å²) >= 11 is 4.48. The average Bonchev–Trinajstić information content (AvgIpc) is 2.66. The van der Waals surface area contributed by atoms with Gasteiger partial charge in [-0.2, -0.15) is 4.31 Å². The molecule has 0 aliphatic carbocycles. The first kappa shape index (κ1) is 15.6. The van der Waals surface area contributed by atoms with Crippen molar-refractivity contribution in [3.63, 3.8) is 0 Å². The largest absolute Gasteiger partial charge is 0.359 e. The zero-order chi connectivity index (χ0) is 13.9. The summed E-state index contributed by atoms with van der Waals surface area (Å²) < 4.78 is 26.6. The standard InChI is InChI=1S/C10H15BrN2O3S2/c1-7-6-9(17-10(7)11)18(15,16)13(3)5-4-8(14)12-2/h6H,4-5H2,1-3H3,(H,12,14). The van der Waals surface area contributed by atoms with Crippen LogP contribution in [0.2, 0.25) is 0 Å². The predicted octanol–water partition coefficient (Wildman–Crippen LogP) is 1.58. The molecule has 0 aromatic carbocycles. The van der Waals surface area contributed by atoms with E-state index in [1.165, 1.54) is 29.7 Å². The van der Waals surface area contributed by atoms with Gasteiger partial charge in [-0.1, -0.05) is 0 Å². The van der Waals surface area contributed by atoms with Gasteiger partial charge in [-0.05, 0) is 34.5 Å². The Balaban J connectivity index is 2.83. The minimum Gasteiger partial charge on any atom is -0.359 e. The second-order valence-corrected chi connectivity index (χ2v) is 8.41. The Morgan fingerprint density at radius 3 is 2.61 bits per heavy atom. The molecule has 1 heterocycles. The minimum absolute atomic E-state index is 0.151. The molecule has 18 heavy (non-hydrogen) atoms. The number of carbonyl (C=O) groups is 1. The van der Waals surface area contributed by atoms with Gasteiger partial charge in [-0.15, -0.1) is 11.3 Å². The zero-order valence-corrected chi connectivity index (χ0v) is 13.6. The number of rotatable bonds is 5. The van der Waals surface area contributed by atoms with Crippen molar-refractivity contribution in [2.24, 2.45) is 0 Å². The van der Waals surface area contributed by atoms with Crippen LogP contribution < -0.4 is 5.32 Å². The van der Waals surface area contributed by atoms with Gasteiger partial charge < -0.3 is 5.32 Å². The van der Waals surface area contributed by atoms with Crippen LogP contribution in [0.15, 0.2) is 14.1 Å². The summed E-state index contributed by atoms with van der Waals surface area (Å²) in [6.07, 6.45) is 0.151. The second kappa shape index (κ2) is 6.14. The summed E-state index contributed by atoms with van der Waals surface area (Å²) in [6.45, 7) is 2.00. The minimum atomic E-state index is -3.50. The molecular weight excluding hydrogens is 340 g/mol. The number of thiophene rings is 1. The van der Waals surface area contributed by atoms with E-state index in [9.17, 15) is 13.2 Å². The number of nitrogens with one attached hydrogen (secondary N) is 1. The average molecular weight is 355 g/mol. The Morgan fingerprint density at radius 1 is 1.56 bits per heavy atom. The first-order valence-electron chi connectivity index (χ1n) is 5.22. The molecule has 0 aliphatic rings. The summed E-state index contributed by atoms with van der Waals surface area (Å²) in [5, 5.41) is 2.46.